The van der Waals surface area contributed by atoms with Gasteiger partial charge in [-0.05, 0) is 23.8 Å². The minimum Gasteiger partial charge on any atom is -0.298 e. The Bertz CT molecular complexity index is 1070. The Morgan fingerprint density at radius 1 is 1.25 bits per heavy atom. The number of nitrogens with zero attached hydrogens (tertiary/aromatic N) is 2. The number of rotatable bonds is 6. The molecule has 1 heterocycles. The van der Waals surface area contributed by atoms with Crippen molar-refractivity contribution in [2.45, 2.75) is 6.42 Å². The summed E-state index contributed by atoms with van der Waals surface area (Å²) in [4.78, 5) is 27.2. The number of carbonyl (C=O) groups is 1. The number of hydrogen-bond acceptors (Lipinski definition) is 5. The minimum atomic E-state index is -0.649. The summed E-state index contributed by atoms with van der Waals surface area (Å²) in [5.74, 6) is -1.80. The first-order valence-electron chi connectivity index (χ1n) is 8.03. The summed E-state index contributed by atoms with van der Waals surface area (Å²) in [5.41, 5.74) is 0.512. The van der Waals surface area contributed by atoms with Crippen LogP contribution in [-0.4, -0.2) is 15.8 Å². The first-order valence-corrected chi connectivity index (χ1v) is 8.85. The second-order valence-corrected chi connectivity index (χ2v) is 6.80. The highest BCUT2D eigenvalue weighted by Gasteiger charge is 2.11. The molecule has 0 aliphatic carbocycles. The first kappa shape index (κ1) is 19.3. The average molecular weight is 401 g/mol. The van der Waals surface area contributed by atoms with Crippen molar-refractivity contribution in [1.82, 2.24) is 4.98 Å². The first-order chi connectivity index (χ1) is 13.4. The van der Waals surface area contributed by atoms with Crippen LogP contribution in [0.5, 0.6) is 0 Å². The molecule has 9 heteroatoms. The Morgan fingerprint density at radius 3 is 2.79 bits per heavy atom. The van der Waals surface area contributed by atoms with Gasteiger partial charge in [0.1, 0.15) is 11.6 Å². The predicted octanol–water partition coefficient (Wildman–Crippen LogP) is 4.57. The molecule has 28 heavy (non-hydrogen) atoms. The monoisotopic (exact) mass is 401 g/mol. The van der Waals surface area contributed by atoms with Crippen LogP contribution in [0.15, 0.2) is 54.7 Å². The number of amides is 1. The second kappa shape index (κ2) is 8.49. The molecule has 3 rings (SSSR count). The minimum absolute atomic E-state index is 0.107. The number of nitro benzene ring substituents is 1. The van der Waals surface area contributed by atoms with Crippen molar-refractivity contribution in [2.75, 3.05) is 5.32 Å². The van der Waals surface area contributed by atoms with Crippen LogP contribution in [0.25, 0.3) is 6.08 Å². The Labute approximate surface area is 162 Å². The molecule has 0 aliphatic heterocycles. The molecule has 2 aromatic carbocycles. The lowest BCUT2D eigenvalue weighted by molar-refractivity contribution is -0.385. The molecule has 0 aliphatic rings. The van der Waals surface area contributed by atoms with Gasteiger partial charge in [-0.25, -0.2) is 13.8 Å². The third-order valence-electron chi connectivity index (χ3n) is 3.71. The summed E-state index contributed by atoms with van der Waals surface area (Å²) >= 11 is 1.15. The lowest BCUT2D eigenvalue weighted by Crippen LogP contribution is -2.07. The zero-order chi connectivity index (χ0) is 20.1. The van der Waals surface area contributed by atoms with Gasteiger partial charge in [0.2, 0.25) is 5.91 Å². The van der Waals surface area contributed by atoms with Gasteiger partial charge in [-0.2, -0.15) is 0 Å². The molecule has 142 valence electrons. The zero-order valence-electron chi connectivity index (χ0n) is 14.3. The maximum atomic E-state index is 13.7. The number of para-hydroxylation sites is 1. The van der Waals surface area contributed by atoms with E-state index in [1.54, 1.807) is 6.07 Å². The largest absolute Gasteiger partial charge is 0.298 e. The van der Waals surface area contributed by atoms with Crippen molar-refractivity contribution in [3.63, 3.8) is 0 Å². The van der Waals surface area contributed by atoms with Crippen molar-refractivity contribution in [1.29, 1.82) is 0 Å². The Balaban J connectivity index is 1.65. The molecule has 3 aromatic rings. The van der Waals surface area contributed by atoms with E-state index in [2.05, 4.69) is 10.3 Å². The molecule has 0 unspecified atom stereocenters. The summed E-state index contributed by atoms with van der Waals surface area (Å²) in [7, 11) is 0. The molecular weight excluding hydrogens is 388 g/mol. The third-order valence-corrected chi connectivity index (χ3v) is 4.62. The molecule has 0 saturated heterocycles. The highest BCUT2D eigenvalue weighted by molar-refractivity contribution is 7.15. The second-order valence-electron chi connectivity index (χ2n) is 5.68. The molecule has 1 N–H and O–H groups in total. The van der Waals surface area contributed by atoms with Gasteiger partial charge in [0.05, 0.1) is 10.5 Å². The lowest BCUT2D eigenvalue weighted by atomic mass is 10.1. The standard InChI is InChI=1S/C19H13F2N3O3S/c20-14-7-5-13(16(21)10-14)9-15-11-22-19(28-15)23-18(25)8-6-12-3-1-2-4-17(12)24(26)27/h1-8,10-11H,9H2,(H,22,23,25). The van der Waals surface area contributed by atoms with Gasteiger partial charge in [-0.15, -0.1) is 11.3 Å². The van der Waals surface area contributed by atoms with E-state index in [0.29, 0.717) is 21.1 Å². The number of hydrogen-bond donors (Lipinski definition) is 1. The van der Waals surface area contributed by atoms with Gasteiger partial charge >= 0.3 is 0 Å². The molecule has 1 aromatic heterocycles. The number of aromatic nitrogens is 1. The van der Waals surface area contributed by atoms with E-state index in [4.69, 9.17) is 0 Å². The quantitative estimate of drug-likeness (QED) is 0.372. The zero-order valence-corrected chi connectivity index (χ0v) is 15.1. The summed E-state index contributed by atoms with van der Waals surface area (Å²) in [6.45, 7) is 0. The molecule has 0 saturated carbocycles. The van der Waals surface area contributed by atoms with E-state index in [1.165, 1.54) is 48.7 Å². The summed E-state index contributed by atoms with van der Waals surface area (Å²) in [6.07, 6.45) is 4.22. The smallest absolute Gasteiger partial charge is 0.276 e. The maximum absolute atomic E-state index is 13.7. The number of anilines is 1. The fourth-order valence-corrected chi connectivity index (χ4v) is 3.25. The Kier molecular flexibility index (Phi) is 5.85. The van der Waals surface area contributed by atoms with Crippen molar-refractivity contribution in [3.8, 4) is 0 Å². The van der Waals surface area contributed by atoms with Crippen LogP contribution in [0.4, 0.5) is 19.6 Å². The van der Waals surface area contributed by atoms with Gasteiger partial charge in [0.25, 0.3) is 5.69 Å². The Morgan fingerprint density at radius 2 is 2.04 bits per heavy atom. The van der Waals surface area contributed by atoms with E-state index in [9.17, 15) is 23.7 Å². The van der Waals surface area contributed by atoms with Crippen molar-refractivity contribution in [2.24, 2.45) is 0 Å². The summed E-state index contributed by atoms with van der Waals surface area (Å²) in [5, 5.41) is 13.8. The van der Waals surface area contributed by atoms with Crippen LogP contribution in [0, 0.1) is 21.7 Å². The number of thiazole rings is 1. The molecule has 0 bridgehead atoms. The van der Waals surface area contributed by atoms with E-state index in [0.717, 1.165) is 17.4 Å². The molecule has 0 radical (unpaired) electrons. The highest BCUT2D eigenvalue weighted by Crippen LogP contribution is 2.23. The number of carbonyl (C=O) groups excluding carboxylic acids is 1. The fraction of sp³-hybridized carbons (Fsp3) is 0.0526. The third kappa shape index (κ3) is 4.83. The molecule has 0 spiro atoms. The van der Waals surface area contributed by atoms with Gasteiger partial charge in [-0.3, -0.25) is 20.2 Å². The SMILES string of the molecule is O=C(C=Cc1ccccc1[N+](=O)[O-])Nc1ncc(Cc2ccc(F)cc2F)s1. The van der Waals surface area contributed by atoms with Gasteiger partial charge in [-0.1, -0.05) is 18.2 Å². The van der Waals surface area contributed by atoms with Crippen LogP contribution in [0.3, 0.4) is 0 Å². The lowest BCUT2D eigenvalue weighted by Gasteiger charge is -2.00. The van der Waals surface area contributed by atoms with Crippen LogP contribution in [0.1, 0.15) is 16.0 Å². The molecule has 0 fully saturated rings. The molecule has 1 amide bonds. The van der Waals surface area contributed by atoms with E-state index >= 15 is 0 Å². The van der Waals surface area contributed by atoms with Crippen molar-refractivity contribution in [3.05, 3.63) is 92.5 Å². The number of halogens is 2. The van der Waals surface area contributed by atoms with E-state index < -0.39 is 22.5 Å². The van der Waals surface area contributed by atoms with Crippen LogP contribution < -0.4 is 5.32 Å². The summed E-state index contributed by atoms with van der Waals surface area (Å²) in [6, 6.07) is 9.39. The Hall–Kier alpha value is -3.46. The van der Waals surface area contributed by atoms with Crippen LogP contribution in [0.2, 0.25) is 0 Å². The fourth-order valence-electron chi connectivity index (χ4n) is 2.41. The van der Waals surface area contributed by atoms with Gasteiger partial charge < -0.3 is 0 Å². The van der Waals surface area contributed by atoms with Crippen molar-refractivity contribution < 1.29 is 18.5 Å². The molecule has 0 atom stereocenters. The van der Waals surface area contributed by atoms with E-state index in [-0.39, 0.29) is 12.1 Å². The molecule has 6 nitrogen and oxygen atoms in total. The molecular formula is C19H13F2N3O3S. The predicted molar refractivity (Wildman–Crippen MR) is 102 cm³/mol. The topological polar surface area (TPSA) is 85.1 Å². The van der Waals surface area contributed by atoms with Crippen molar-refractivity contribution >= 4 is 34.1 Å². The van der Waals surface area contributed by atoms with Crippen LogP contribution >= 0.6 is 11.3 Å². The number of benzene rings is 2. The van der Waals surface area contributed by atoms with Gasteiger partial charge in [0, 0.05) is 35.7 Å². The number of nitrogens with one attached hydrogen (secondary N) is 1. The normalized spacial score (nSPS) is 10.9. The average Bonchev–Trinajstić information content (AvgIpc) is 3.09. The van der Waals surface area contributed by atoms with Crippen LogP contribution in [-0.2, 0) is 11.2 Å². The number of nitro groups is 1. The van der Waals surface area contributed by atoms with E-state index in [1.807, 2.05) is 0 Å². The highest BCUT2D eigenvalue weighted by atomic mass is 32.1. The summed E-state index contributed by atoms with van der Waals surface area (Å²) < 4.78 is 26.7. The maximum Gasteiger partial charge on any atom is 0.276 e. The van der Waals surface area contributed by atoms with Gasteiger partial charge in [0.15, 0.2) is 5.13 Å².